The highest BCUT2D eigenvalue weighted by molar-refractivity contribution is 5.95. The van der Waals surface area contributed by atoms with E-state index >= 15 is 0 Å². The molecule has 0 heterocycles. The Bertz CT molecular complexity index is 612. The Labute approximate surface area is 141 Å². The first-order chi connectivity index (χ1) is 11.5. The van der Waals surface area contributed by atoms with Crippen LogP contribution in [-0.4, -0.2) is 23.8 Å². The molecule has 0 radical (unpaired) electrons. The smallest absolute Gasteiger partial charge is 0.309 e. The zero-order valence-corrected chi connectivity index (χ0v) is 13.9. The number of amides is 1. The van der Waals surface area contributed by atoms with Gasteiger partial charge in [0.2, 0.25) is 0 Å². The topological polar surface area (TPSA) is 72.5 Å². The summed E-state index contributed by atoms with van der Waals surface area (Å²) < 4.78 is 5.36. The molecular formula is C19H23NO4. The summed E-state index contributed by atoms with van der Waals surface area (Å²) >= 11 is 0. The van der Waals surface area contributed by atoms with Crippen LogP contribution in [0.4, 0.5) is 5.69 Å². The largest absolute Gasteiger partial charge is 0.452 e. The number of ether oxygens (including phenoxy) is 1. The number of esters is 1. The van der Waals surface area contributed by atoms with Crippen LogP contribution in [-0.2, 0) is 19.1 Å². The number of rotatable bonds is 4. The molecule has 1 aromatic rings. The van der Waals surface area contributed by atoms with E-state index in [1.54, 1.807) is 19.1 Å². The van der Waals surface area contributed by atoms with E-state index in [0.717, 1.165) is 19.3 Å². The van der Waals surface area contributed by atoms with Crippen molar-refractivity contribution >= 4 is 23.3 Å². The van der Waals surface area contributed by atoms with Crippen LogP contribution in [0.2, 0.25) is 0 Å². The van der Waals surface area contributed by atoms with Crippen molar-refractivity contribution in [3.63, 3.8) is 0 Å². The predicted molar refractivity (Wildman–Crippen MR) is 89.2 cm³/mol. The number of fused-ring (bicyclic) bond motifs is 2. The van der Waals surface area contributed by atoms with Gasteiger partial charge in [-0.3, -0.25) is 14.4 Å². The number of para-hydroxylation sites is 1. The Kier molecular flexibility index (Phi) is 4.97. The number of carbonyl (C=O) groups excluding carboxylic acids is 3. The molecule has 128 valence electrons. The standard InChI is InChI=1S/C19H23NO4/c1-12(18(22)20-16-8-3-2-4-9-16)24-19(23)15-10-13-6-5-7-14(11-15)17(13)21/h2-4,8-9,12-15H,5-7,10-11H2,1H3,(H,20,22)/t12-,13+,14+/m1/s1. The zero-order chi connectivity index (χ0) is 17.1. The SMILES string of the molecule is C[C@@H](OC(=O)C1C[C@@H]2CCC[C@@H](C1)C2=O)C(=O)Nc1ccccc1. The Morgan fingerprint density at radius 2 is 1.75 bits per heavy atom. The van der Waals surface area contributed by atoms with E-state index in [-0.39, 0.29) is 29.6 Å². The molecule has 3 rings (SSSR count). The number of carbonyl (C=O) groups is 3. The number of hydrogen-bond acceptors (Lipinski definition) is 4. The third kappa shape index (κ3) is 3.66. The molecule has 0 aliphatic heterocycles. The van der Waals surface area contributed by atoms with Crippen molar-refractivity contribution in [1.29, 1.82) is 0 Å². The van der Waals surface area contributed by atoms with E-state index in [4.69, 9.17) is 4.74 Å². The van der Waals surface area contributed by atoms with E-state index in [1.165, 1.54) is 0 Å². The maximum absolute atomic E-state index is 12.4. The van der Waals surface area contributed by atoms with Gasteiger partial charge in [-0.1, -0.05) is 24.6 Å². The van der Waals surface area contributed by atoms with Crippen molar-refractivity contribution in [2.75, 3.05) is 5.32 Å². The lowest BCUT2D eigenvalue weighted by molar-refractivity contribution is -0.161. The van der Waals surface area contributed by atoms with Crippen LogP contribution < -0.4 is 5.32 Å². The molecule has 2 fully saturated rings. The fraction of sp³-hybridized carbons (Fsp3) is 0.526. The van der Waals surface area contributed by atoms with Crippen LogP contribution in [0, 0.1) is 17.8 Å². The molecule has 2 saturated carbocycles. The summed E-state index contributed by atoms with van der Waals surface area (Å²) in [5.74, 6) is -0.631. The summed E-state index contributed by atoms with van der Waals surface area (Å²) in [6, 6.07) is 9.06. The zero-order valence-electron chi connectivity index (χ0n) is 13.9. The number of nitrogens with one attached hydrogen (secondary N) is 1. The van der Waals surface area contributed by atoms with Crippen molar-refractivity contribution in [3.8, 4) is 0 Å². The maximum atomic E-state index is 12.4. The lowest BCUT2D eigenvalue weighted by Gasteiger charge is -2.36. The summed E-state index contributed by atoms with van der Waals surface area (Å²) in [7, 11) is 0. The minimum Gasteiger partial charge on any atom is -0.452 e. The molecular weight excluding hydrogens is 306 g/mol. The van der Waals surface area contributed by atoms with Crippen LogP contribution in [0.25, 0.3) is 0 Å². The average molecular weight is 329 g/mol. The molecule has 1 N–H and O–H groups in total. The highest BCUT2D eigenvalue weighted by Gasteiger charge is 2.42. The van der Waals surface area contributed by atoms with E-state index in [9.17, 15) is 14.4 Å². The van der Waals surface area contributed by atoms with Crippen molar-refractivity contribution in [2.24, 2.45) is 17.8 Å². The van der Waals surface area contributed by atoms with Gasteiger partial charge >= 0.3 is 5.97 Å². The Morgan fingerprint density at radius 3 is 2.38 bits per heavy atom. The molecule has 1 amide bonds. The molecule has 24 heavy (non-hydrogen) atoms. The molecule has 1 aromatic carbocycles. The number of benzene rings is 1. The predicted octanol–water partition coefficient (Wildman–Crippen LogP) is 2.95. The fourth-order valence-electron chi connectivity index (χ4n) is 3.76. The molecule has 0 saturated heterocycles. The number of Topliss-reactive ketones (excluding diaryl/α,β-unsaturated/α-hetero) is 1. The number of anilines is 1. The first-order valence-electron chi connectivity index (χ1n) is 8.64. The van der Waals surface area contributed by atoms with E-state index in [2.05, 4.69) is 5.32 Å². The van der Waals surface area contributed by atoms with Crippen molar-refractivity contribution in [2.45, 2.75) is 45.1 Å². The van der Waals surface area contributed by atoms with Gasteiger partial charge in [-0.05, 0) is 44.7 Å². The quantitative estimate of drug-likeness (QED) is 0.862. The van der Waals surface area contributed by atoms with Gasteiger partial charge in [0.25, 0.3) is 5.91 Å². The fourth-order valence-corrected chi connectivity index (χ4v) is 3.76. The minimum absolute atomic E-state index is 0.00324. The third-order valence-corrected chi connectivity index (χ3v) is 5.08. The summed E-state index contributed by atoms with van der Waals surface area (Å²) in [4.78, 5) is 36.6. The second-order valence-electron chi connectivity index (χ2n) is 6.83. The van der Waals surface area contributed by atoms with E-state index in [1.807, 2.05) is 18.2 Å². The molecule has 2 aliphatic carbocycles. The summed E-state index contributed by atoms with van der Waals surface area (Å²) in [5.41, 5.74) is 0.670. The van der Waals surface area contributed by atoms with Gasteiger partial charge < -0.3 is 10.1 Å². The number of hydrogen-bond donors (Lipinski definition) is 1. The lowest BCUT2D eigenvalue weighted by atomic mass is 9.67. The van der Waals surface area contributed by atoms with Gasteiger partial charge in [-0.15, -0.1) is 0 Å². The molecule has 2 bridgehead atoms. The van der Waals surface area contributed by atoms with Crippen LogP contribution in [0.3, 0.4) is 0 Å². The van der Waals surface area contributed by atoms with Crippen molar-refractivity contribution < 1.29 is 19.1 Å². The minimum atomic E-state index is -0.852. The first kappa shape index (κ1) is 16.7. The molecule has 2 aliphatic rings. The first-order valence-corrected chi connectivity index (χ1v) is 8.64. The van der Waals surface area contributed by atoms with Gasteiger partial charge in [0.15, 0.2) is 6.10 Å². The van der Waals surface area contributed by atoms with Gasteiger partial charge in [-0.2, -0.15) is 0 Å². The highest BCUT2D eigenvalue weighted by Crippen LogP contribution is 2.40. The Balaban J connectivity index is 1.54. The van der Waals surface area contributed by atoms with Gasteiger partial charge in [0.05, 0.1) is 5.92 Å². The van der Waals surface area contributed by atoms with E-state index in [0.29, 0.717) is 24.3 Å². The van der Waals surface area contributed by atoms with Crippen LogP contribution in [0.15, 0.2) is 30.3 Å². The summed E-state index contributed by atoms with van der Waals surface area (Å²) in [6.45, 7) is 1.57. The second-order valence-corrected chi connectivity index (χ2v) is 6.83. The molecule has 0 spiro atoms. The molecule has 5 nitrogen and oxygen atoms in total. The molecule has 5 heteroatoms. The van der Waals surface area contributed by atoms with Gasteiger partial charge in [0.1, 0.15) is 5.78 Å². The van der Waals surface area contributed by atoms with Gasteiger partial charge in [0, 0.05) is 17.5 Å². The second kappa shape index (κ2) is 7.16. The molecule has 0 aromatic heterocycles. The van der Waals surface area contributed by atoms with Crippen molar-refractivity contribution in [1.82, 2.24) is 0 Å². The highest BCUT2D eigenvalue weighted by atomic mass is 16.5. The monoisotopic (exact) mass is 329 g/mol. The normalized spacial score (nSPS) is 27.2. The van der Waals surface area contributed by atoms with Crippen molar-refractivity contribution in [3.05, 3.63) is 30.3 Å². The average Bonchev–Trinajstić information content (AvgIpc) is 2.55. The van der Waals surface area contributed by atoms with Crippen LogP contribution in [0.5, 0.6) is 0 Å². The molecule has 0 unspecified atom stereocenters. The number of ketones is 1. The Hall–Kier alpha value is -2.17. The third-order valence-electron chi connectivity index (χ3n) is 5.08. The Morgan fingerprint density at radius 1 is 1.12 bits per heavy atom. The summed E-state index contributed by atoms with van der Waals surface area (Å²) in [5, 5.41) is 2.73. The van der Waals surface area contributed by atoms with E-state index < -0.39 is 6.10 Å². The summed E-state index contributed by atoms with van der Waals surface area (Å²) in [6.07, 6.45) is 3.11. The maximum Gasteiger partial charge on any atom is 0.309 e. The van der Waals surface area contributed by atoms with Crippen LogP contribution in [0.1, 0.15) is 39.0 Å². The molecule has 3 atom stereocenters. The lowest BCUT2D eigenvalue weighted by Crippen LogP contribution is -2.41. The van der Waals surface area contributed by atoms with Crippen LogP contribution >= 0.6 is 0 Å². The van der Waals surface area contributed by atoms with Gasteiger partial charge in [-0.25, -0.2) is 0 Å².